The molecule has 2 aromatic rings. The second kappa shape index (κ2) is 8.35. The van der Waals surface area contributed by atoms with Gasteiger partial charge in [0, 0.05) is 29.8 Å². The van der Waals surface area contributed by atoms with Gasteiger partial charge in [-0.1, -0.05) is 18.2 Å². The highest BCUT2D eigenvalue weighted by atomic mass is 32.2. The fraction of sp³-hybridized carbons (Fsp3) is 0.176. The minimum Gasteiger partial charge on any atom is -0.351 e. The molecular formula is C17H17FN2O3S. The number of amides is 2. The molecule has 0 aliphatic heterocycles. The summed E-state index contributed by atoms with van der Waals surface area (Å²) in [5.41, 5.74) is 0.161. The summed E-state index contributed by atoms with van der Waals surface area (Å²) in [5, 5.41) is 5.03. The van der Waals surface area contributed by atoms with Crippen LogP contribution in [0.25, 0.3) is 0 Å². The standard InChI is InChI=1S/C17H17FN2O3S/c1-12(21)20-13-7-8-16(18)15(11-13)17(22)19-9-10-24(23)14-5-3-2-4-6-14/h2-8,11H,9-10H2,1H3,(H,19,22)(H,20,21)/t24-/m1/s1. The molecule has 0 radical (unpaired) electrons. The third kappa shape index (κ3) is 4.99. The molecule has 0 saturated carbocycles. The Morgan fingerprint density at radius 3 is 2.50 bits per heavy atom. The van der Waals surface area contributed by atoms with Gasteiger partial charge in [-0.05, 0) is 30.3 Å². The average Bonchev–Trinajstić information content (AvgIpc) is 2.56. The van der Waals surface area contributed by atoms with Crippen LogP contribution in [0.15, 0.2) is 53.4 Å². The predicted octanol–water partition coefficient (Wildman–Crippen LogP) is 2.32. The zero-order chi connectivity index (χ0) is 17.5. The van der Waals surface area contributed by atoms with Crippen molar-refractivity contribution in [2.24, 2.45) is 0 Å². The topological polar surface area (TPSA) is 75.3 Å². The van der Waals surface area contributed by atoms with Crippen molar-refractivity contribution in [1.82, 2.24) is 5.32 Å². The monoisotopic (exact) mass is 348 g/mol. The number of anilines is 1. The Morgan fingerprint density at radius 2 is 1.83 bits per heavy atom. The van der Waals surface area contributed by atoms with Crippen molar-refractivity contribution in [3.63, 3.8) is 0 Å². The van der Waals surface area contributed by atoms with Crippen LogP contribution in [-0.2, 0) is 15.6 Å². The number of carbonyl (C=O) groups excluding carboxylic acids is 2. The maximum Gasteiger partial charge on any atom is 0.254 e. The van der Waals surface area contributed by atoms with E-state index >= 15 is 0 Å². The molecule has 0 saturated heterocycles. The molecule has 0 aromatic heterocycles. The van der Waals surface area contributed by atoms with Crippen molar-refractivity contribution < 1.29 is 18.2 Å². The van der Waals surface area contributed by atoms with Crippen molar-refractivity contribution in [3.05, 3.63) is 59.9 Å². The lowest BCUT2D eigenvalue weighted by atomic mass is 10.1. The number of hydrogen-bond acceptors (Lipinski definition) is 3. The molecule has 0 aliphatic carbocycles. The van der Waals surface area contributed by atoms with Crippen LogP contribution < -0.4 is 10.6 Å². The number of nitrogens with one attached hydrogen (secondary N) is 2. The van der Waals surface area contributed by atoms with Gasteiger partial charge >= 0.3 is 0 Å². The first kappa shape index (κ1) is 17.8. The van der Waals surface area contributed by atoms with E-state index in [0.29, 0.717) is 10.6 Å². The summed E-state index contributed by atoms with van der Waals surface area (Å²) >= 11 is 0. The quantitative estimate of drug-likeness (QED) is 0.841. The average molecular weight is 348 g/mol. The van der Waals surface area contributed by atoms with Crippen LogP contribution >= 0.6 is 0 Å². The number of halogens is 1. The molecule has 2 amide bonds. The van der Waals surface area contributed by atoms with Gasteiger partial charge in [0.15, 0.2) is 0 Å². The van der Waals surface area contributed by atoms with Crippen LogP contribution in [0.5, 0.6) is 0 Å². The van der Waals surface area contributed by atoms with E-state index in [4.69, 9.17) is 0 Å². The Labute approximate surface area is 141 Å². The largest absolute Gasteiger partial charge is 0.351 e. The molecule has 0 bridgehead atoms. The Balaban J connectivity index is 1.95. The molecule has 0 heterocycles. The third-order valence-electron chi connectivity index (χ3n) is 3.11. The first-order valence-electron chi connectivity index (χ1n) is 7.26. The van der Waals surface area contributed by atoms with Gasteiger partial charge in [0.1, 0.15) is 5.82 Å². The van der Waals surface area contributed by atoms with Crippen molar-refractivity contribution in [3.8, 4) is 0 Å². The molecule has 7 heteroatoms. The van der Waals surface area contributed by atoms with E-state index < -0.39 is 22.5 Å². The van der Waals surface area contributed by atoms with Crippen LogP contribution in [-0.4, -0.2) is 28.3 Å². The first-order chi connectivity index (χ1) is 11.5. The molecule has 2 rings (SSSR count). The summed E-state index contributed by atoms with van der Waals surface area (Å²) in [5.74, 6) is -1.40. The maximum atomic E-state index is 13.8. The van der Waals surface area contributed by atoms with Crippen LogP contribution in [0, 0.1) is 5.82 Å². The number of hydrogen-bond donors (Lipinski definition) is 2. The van der Waals surface area contributed by atoms with Gasteiger partial charge in [0.05, 0.1) is 16.4 Å². The van der Waals surface area contributed by atoms with Crippen molar-refractivity contribution in [1.29, 1.82) is 0 Å². The van der Waals surface area contributed by atoms with E-state index in [2.05, 4.69) is 10.6 Å². The van der Waals surface area contributed by atoms with Crippen LogP contribution in [0.3, 0.4) is 0 Å². The summed E-state index contributed by atoms with van der Waals surface area (Å²) in [6.07, 6.45) is 0. The Bertz CT molecular complexity index is 766. The highest BCUT2D eigenvalue weighted by Crippen LogP contribution is 2.15. The molecule has 2 aromatic carbocycles. The molecule has 2 N–H and O–H groups in total. The van der Waals surface area contributed by atoms with Crippen molar-refractivity contribution >= 4 is 28.3 Å². The third-order valence-corrected chi connectivity index (χ3v) is 4.48. The summed E-state index contributed by atoms with van der Waals surface area (Å²) < 4.78 is 25.8. The minimum atomic E-state index is -1.24. The van der Waals surface area contributed by atoms with E-state index in [0.717, 1.165) is 6.07 Å². The highest BCUT2D eigenvalue weighted by molar-refractivity contribution is 7.85. The first-order valence-corrected chi connectivity index (χ1v) is 8.58. The van der Waals surface area contributed by atoms with E-state index in [1.54, 1.807) is 24.3 Å². The zero-order valence-corrected chi connectivity index (χ0v) is 13.9. The Kier molecular flexibility index (Phi) is 6.20. The minimum absolute atomic E-state index is 0.143. The predicted molar refractivity (Wildman–Crippen MR) is 90.8 cm³/mol. The lowest BCUT2D eigenvalue weighted by Gasteiger charge is -2.08. The van der Waals surface area contributed by atoms with Crippen LogP contribution in [0.4, 0.5) is 10.1 Å². The Morgan fingerprint density at radius 1 is 1.12 bits per heavy atom. The molecule has 0 unspecified atom stereocenters. The summed E-state index contributed by atoms with van der Waals surface area (Å²) in [7, 11) is -1.24. The van der Waals surface area contributed by atoms with Crippen molar-refractivity contribution in [2.45, 2.75) is 11.8 Å². The molecule has 0 aliphatic rings. The van der Waals surface area contributed by atoms with E-state index in [9.17, 15) is 18.2 Å². The van der Waals surface area contributed by atoms with E-state index in [1.165, 1.54) is 19.1 Å². The second-order valence-electron chi connectivity index (χ2n) is 4.99. The number of rotatable bonds is 6. The molecule has 1 atom stereocenters. The lowest BCUT2D eigenvalue weighted by molar-refractivity contribution is -0.114. The SMILES string of the molecule is CC(=O)Nc1ccc(F)c(C(=O)NCC[S@@](=O)c2ccccc2)c1. The van der Waals surface area contributed by atoms with Gasteiger partial charge in [-0.15, -0.1) is 0 Å². The van der Waals surface area contributed by atoms with Gasteiger partial charge in [0.25, 0.3) is 5.91 Å². The number of carbonyl (C=O) groups is 2. The van der Waals surface area contributed by atoms with E-state index in [-0.39, 0.29) is 23.8 Å². The molecule has 0 spiro atoms. The fourth-order valence-electron chi connectivity index (χ4n) is 2.02. The molecule has 126 valence electrons. The summed E-state index contributed by atoms with van der Waals surface area (Å²) in [6, 6.07) is 12.6. The van der Waals surface area contributed by atoms with Gasteiger partial charge < -0.3 is 10.6 Å². The van der Waals surface area contributed by atoms with Gasteiger partial charge in [-0.25, -0.2) is 4.39 Å². The van der Waals surface area contributed by atoms with E-state index in [1.807, 2.05) is 6.07 Å². The smallest absolute Gasteiger partial charge is 0.254 e. The fourth-order valence-corrected chi connectivity index (χ4v) is 3.01. The summed E-state index contributed by atoms with van der Waals surface area (Å²) in [4.78, 5) is 23.8. The lowest BCUT2D eigenvalue weighted by Crippen LogP contribution is -2.28. The van der Waals surface area contributed by atoms with Gasteiger partial charge in [-0.3, -0.25) is 13.8 Å². The molecule has 0 fully saturated rings. The molecule has 5 nitrogen and oxygen atoms in total. The Hall–Kier alpha value is -2.54. The van der Waals surface area contributed by atoms with Gasteiger partial charge in [-0.2, -0.15) is 0 Å². The zero-order valence-electron chi connectivity index (χ0n) is 13.0. The normalized spacial score (nSPS) is 11.6. The molecule has 24 heavy (non-hydrogen) atoms. The summed E-state index contributed by atoms with van der Waals surface area (Å²) in [6.45, 7) is 1.46. The van der Waals surface area contributed by atoms with Crippen LogP contribution in [0.2, 0.25) is 0 Å². The van der Waals surface area contributed by atoms with Crippen LogP contribution in [0.1, 0.15) is 17.3 Å². The van der Waals surface area contributed by atoms with Crippen molar-refractivity contribution in [2.75, 3.05) is 17.6 Å². The maximum absolute atomic E-state index is 13.8. The molecular weight excluding hydrogens is 331 g/mol. The number of benzene rings is 2. The second-order valence-corrected chi connectivity index (χ2v) is 6.57. The highest BCUT2D eigenvalue weighted by Gasteiger charge is 2.13. The van der Waals surface area contributed by atoms with Gasteiger partial charge in [0.2, 0.25) is 5.91 Å².